The second kappa shape index (κ2) is 7.21. The van der Waals surface area contributed by atoms with Gasteiger partial charge in [0, 0.05) is 6.08 Å². The van der Waals surface area contributed by atoms with Gasteiger partial charge in [-0.2, -0.15) is 0 Å². The van der Waals surface area contributed by atoms with Crippen molar-refractivity contribution in [3.05, 3.63) is 60.3 Å². The summed E-state index contributed by atoms with van der Waals surface area (Å²) in [5.74, 6) is -1.40. The number of halogens is 1. The van der Waals surface area contributed by atoms with E-state index in [-0.39, 0.29) is 5.69 Å². The Morgan fingerprint density at radius 1 is 1.27 bits per heavy atom. The first-order valence-electron chi connectivity index (χ1n) is 6.54. The van der Waals surface area contributed by atoms with Crippen molar-refractivity contribution in [3.63, 3.8) is 0 Å². The maximum Gasteiger partial charge on any atom is 0.331 e. The summed E-state index contributed by atoms with van der Waals surface area (Å²) in [5.41, 5.74) is 0.0292. The third-order valence-corrected chi connectivity index (χ3v) is 2.72. The van der Waals surface area contributed by atoms with Gasteiger partial charge in [0.1, 0.15) is 11.6 Å². The standard InChI is InChI=1S/C16H14FNO4/c1-11(16(20)18-14-7-3-2-6-13(14)17)22-15(19)9-8-12-5-4-10-21-12/h2-11H,1H3,(H,18,20)/b9-8+/t11-/m1/s1. The van der Waals surface area contributed by atoms with Crippen LogP contribution in [0.5, 0.6) is 0 Å². The molecule has 114 valence electrons. The van der Waals surface area contributed by atoms with Crippen molar-refractivity contribution in [2.45, 2.75) is 13.0 Å². The van der Waals surface area contributed by atoms with Gasteiger partial charge in [-0.25, -0.2) is 9.18 Å². The second-order valence-corrected chi connectivity index (χ2v) is 4.40. The Morgan fingerprint density at radius 3 is 2.73 bits per heavy atom. The highest BCUT2D eigenvalue weighted by atomic mass is 19.1. The Kier molecular flexibility index (Phi) is 5.08. The van der Waals surface area contributed by atoms with Crippen molar-refractivity contribution in [1.29, 1.82) is 0 Å². The summed E-state index contributed by atoms with van der Waals surface area (Å²) in [4.78, 5) is 23.4. The lowest BCUT2D eigenvalue weighted by molar-refractivity contribution is -0.148. The number of benzene rings is 1. The molecule has 0 bridgehead atoms. The summed E-state index contributed by atoms with van der Waals surface area (Å²) in [5, 5.41) is 2.35. The molecule has 0 saturated heterocycles. The highest BCUT2D eigenvalue weighted by Crippen LogP contribution is 2.13. The summed E-state index contributed by atoms with van der Waals surface area (Å²) >= 11 is 0. The molecule has 1 amide bonds. The predicted molar refractivity (Wildman–Crippen MR) is 78.3 cm³/mol. The van der Waals surface area contributed by atoms with E-state index in [1.807, 2.05) is 0 Å². The molecule has 1 aromatic carbocycles. The quantitative estimate of drug-likeness (QED) is 0.681. The number of amides is 1. The van der Waals surface area contributed by atoms with Crippen molar-refractivity contribution < 1.29 is 23.1 Å². The zero-order chi connectivity index (χ0) is 15.9. The molecule has 5 nitrogen and oxygen atoms in total. The largest absolute Gasteiger partial charge is 0.465 e. The molecule has 1 atom stereocenters. The number of para-hydroxylation sites is 1. The minimum atomic E-state index is -1.06. The van der Waals surface area contributed by atoms with Crippen molar-refractivity contribution in [2.75, 3.05) is 5.32 Å². The van der Waals surface area contributed by atoms with E-state index >= 15 is 0 Å². The number of esters is 1. The molecule has 6 heteroatoms. The summed E-state index contributed by atoms with van der Waals surface area (Å²) in [6.07, 6.45) is 2.97. The monoisotopic (exact) mass is 303 g/mol. The number of furan rings is 1. The molecule has 0 radical (unpaired) electrons. The topological polar surface area (TPSA) is 68.5 Å². The molecule has 1 aromatic heterocycles. The van der Waals surface area contributed by atoms with Crippen LogP contribution >= 0.6 is 0 Å². The van der Waals surface area contributed by atoms with Crippen LogP contribution in [-0.2, 0) is 14.3 Å². The number of nitrogens with one attached hydrogen (secondary N) is 1. The number of carbonyl (C=O) groups is 2. The second-order valence-electron chi connectivity index (χ2n) is 4.40. The highest BCUT2D eigenvalue weighted by molar-refractivity contribution is 5.96. The van der Waals surface area contributed by atoms with Crippen LogP contribution in [0.25, 0.3) is 6.08 Å². The average Bonchev–Trinajstić information content (AvgIpc) is 3.00. The van der Waals surface area contributed by atoms with E-state index in [1.54, 1.807) is 18.2 Å². The maximum absolute atomic E-state index is 13.4. The van der Waals surface area contributed by atoms with Crippen LogP contribution in [0.2, 0.25) is 0 Å². The van der Waals surface area contributed by atoms with Crippen molar-refractivity contribution in [2.24, 2.45) is 0 Å². The number of hydrogen-bond acceptors (Lipinski definition) is 4. The number of carbonyl (C=O) groups excluding carboxylic acids is 2. The van der Waals surface area contributed by atoms with Gasteiger partial charge in [-0.05, 0) is 37.3 Å². The van der Waals surface area contributed by atoms with Crippen LogP contribution in [0, 0.1) is 5.82 Å². The Morgan fingerprint density at radius 2 is 2.05 bits per heavy atom. The van der Waals surface area contributed by atoms with Crippen LogP contribution in [0.1, 0.15) is 12.7 Å². The molecule has 1 N–H and O–H groups in total. The zero-order valence-corrected chi connectivity index (χ0v) is 11.8. The first-order valence-corrected chi connectivity index (χ1v) is 6.54. The fourth-order valence-electron chi connectivity index (χ4n) is 1.60. The predicted octanol–water partition coefficient (Wildman–Crippen LogP) is 3.00. The van der Waals surface area contributed by atoms with Crippen molar-refractivity contribution >= 4 is 23.6 Å². The summed E-state index contributed by atoms with van der Waals surface area (Å²) in [7, 11) is 0. The Labute approximate surface area is 126 Å². The van der Waals surface area contributed by atoms with Gasteiger partial charge < -0.3 is 14.5 Å². The van der Waals surface area contributed by atoms with Crippen molar-refractivity contribution in [3.8, 4) is 0 Å². The number of anilines is 1. The van der Waals surface area contributed by atoms with E-state index in [4.69, 9.17) is 9.15 Å². The zero-order valence-electron chi connectivity index (χ0n) is 11.8. The van der Waals surface area contributed by atoms with Crippen LogP contribution < -0.4 is 5.32 Å². The third kappa shape index (κ3) is 4.31. The summed E-state index contributed by atoms with van der Waals surface area (Å²) < 4.78 is 23.3. The van der Waals surface area contributed by atoms with Gasteiger partial charge in [0.05, 0.1) is 12.0 Å². The molecule has 1 heterocycles. The fraction of sp³-hybridized carbons (Fsp3) is 0.125. The van der Waals surface area contributed by atoms with Gasteiger partial charge >= 0.3 is 5.97 Å². The molecule has 0 spiro atoms. The highest BCUT2D eigenvalue weighted by Gasteiger charge is 2.17. The minimum Gasteiger partial charge on any atom is -0.465 e. The lowest BCUT2D eigenvalue weighted by Crippen LogP contribution is -2.29. The molecule has 0 unspecified atom stereocenters. The summed E-state index contributed by atoms with van der Waals surface area (Å²) in [6.45, 7) is 1.40. The number of rotatable bonds is 5. The van der Waals surface area contributed by atoms with Crippen LogP contribution in [0.3, 0.4) is 0 Å². The smallest absolute Gasteiger partial charge is 0.331 e. The van der Waals surface area contributed by atoms with Gasteiger partial charge in [-0.1, -0.05) is 12.1 Å². The van der Waals surface area contributed by atoms with Gasteiger partial charge in [0.2, 0.25) is 0 Å². The Hall–Kier alpha value is -2.89. The molecular weight excluding hydrogens is 289 g/mol. The van der Waals surface area contributed by atoms with Crippen LogP contribution in [0.4, 0.5) is 10.1 Å². The van der Waals surface area contributed by atoms with E-state index < -0.39 is 23.8 Å². The van der Waals surface area contributed by atoms with E-state index in [1.165, 1.54) is 37.5 Å². The minimum absolute atomic E-state index is 0.0292. The first-order chi connectivity index (χ1) is 10.6. The number of hydrogen-bond donors (Lipinski definition) is 1. The van der Waals surface area contributed by atoms with E-state index in [9.17, 15) is 14.0 Å². The lowest BCUT2D eigenvalue weighted by Gasteiger charge is -2.12. The molecule has 22 heavy (non-hydrogen) atoms. The fourth-order valence-corrected chi connectivity index (χ4v) is 1.60. The summed E-state index contributed by atoms with van der Waals surface area (Å²) in [6, 6.07) is 9.07. The molecule has 0 aliphatic rings. The van der Waals surface area contributed by atoms with Gasteiger partial charge in [0.25, 0.3) is 5.91 Å². The van der Waals surface area contributed by atoms with E-state index in [0.717, 1.165) is 6.08 Å². The lowest BCUT2D eigenvalue weighted by atomic mass is 10.3. The molecular formula is C16H14FNO4. The number of ether oxygens (including phenoxy) is 1. The molecule has 0 saturated carbocycles. The molecule has 0 aliphatic carbocycles. The van der Waals surface area contributed by atoms with Gasteiger partial charge in [-0.15, -0.1) is 0 Å². The Balaban J connectivity index is 1.88. The molecule has 0 aliphatic heterocycles. The molecule has 2 aromatic rings. The van der Waals surface area contributed by atoms with E-state index in [2.05, 4.69) is 5.32 Å². The van der Waals surface area contributed by atoms with Crippen molar-refractivity contribution in [1.82, 2.24) is 0 Å². The third-order valence-electron chi connectivity index (χ3n) is 2.72. The molecule has 2 rings (SSSR count). The van der Waals surface area contributed by atoms with Gasteiger partial charge in [-0.3, -0.25) is 4.79 Å². The van der Waals surface area contributed by atoms with E-state index in [0.29, 0.717) is 5.76 Å². The average molecular weight is 303 g/mol. The van der Waals surface area contributed by atoms with Crippen LogP contribution in [-0.4, -0.2) is 18.0 Å². The Bertz CT molecular complexity index is 679. The van der Waals surface area contributed by atoms with Crippen LogP contribution in [0.15, 0.2) is 53.2 Å². The SMILES string of the molecule is C[C@@H](OC(=O)/C=C/c1ccco1)C(=O)Nc1ccccc1F. The van der Waals surface area contributed by atoms with Gasteiger partial charge in [0.15, 0.2) is 6.10 Å². The first kappa shape index (κ1) is 15.5. The maximum atomic E-state index is 13.4. The normalized spacial score (nSPS) is 12.1. The molecule has 0 fully saturated rings.